The van der Waals surface area contributed by atoms with Gasteiger partial charge in [-0.1, -0.05) is 30.7 Å². The Morgan fingerprint density at radius 3 is 2.43 bits per heavy atom. The molecule has 0 unspecified atom stereocenters. The Kier molecular flexibility index (Phi) is 3.29. The highest BCUT2D eigenvalue weighted by Crippen LogP contribution is 2.30. The largest absolute Gasteiger partial charge is 0.217 e. The summed E-state index contributed by atoms with van der Waals surface area (Å²) >= 11 is 0.984. The van der Waals surface area contributed by atoms with Crippen molar-refractivity contribution >= 4 is 18.0 Å². The first kappa shape index (κ1) is 9.83. The minimum Gasteiger partial charge on any atom is -0.143 e. The maximum Gasteiger partial charge on any atom is 0.217 e. The molecule has 0 saturated carbocycles. The molecule has 0 atom stereocenters. The van der Waals surface area contributed by atoms with Crippen LogP contribution >= 0.6 is 12.3 Å². The van der Waals surface area contributed by atoms with Gasteiger partial charge in [0.1, 0.15) is 0 Å². The number of aryl methyl sites for hydroxylation is 1. The SMILES string of the molecule is CCCCc1ccc(N2OSO2)cc1. The minimum absolute atomic E-state index is 0.934. The lowest BCUT2D eigenvalue weighted by molar-refractivity contribution is 0.0269. The molecule has 1 aliphatic rings. The van der Waals surface area contributed by atoms with Crippen molar-refractivity contribution in [2.75, 3.05) is 5.23 Å². The molecule has 0 aromatic heterocycles. The zero-order valence-electron chi connectivity index (χ0n) is 8.10. The molecule has 1 aliphatic heterocycles. The van der Waals surface area contributed by atoms with E-state index in [1.165, 1.54) is 23.6 Å². The number of benzene rings is 1. The monoisotopic (exact) mass is 211 g/mol. The number of nitrogens with zero attached hydrogens (tertiary/aromatic N) is 1. The summed E-state index contributed by atoms with van der Waals surface area (Å²) in [6.45, 7) is 2.20. The summed E-state index contributed by atoms with van der Waals surface area (Å²) in [6, 6.07) is 8.23. The maximum atomic E-state index is 4.97. The summed E-state index contributed by atoms with van der Waals surface area (Å²) in [7, 11) is 0. The summed E-state index contributed by atoms with van der Waals surface area (Å²) < 4.78 is 9.93. The average Bonchev–Trinajstić information content (AvgIpc) is 2.14. The Bertz CT molecular complexity index is 285. The molecule has 2 rings (SSSR count). The Labute approximate surface area is 88.3 Å². The predicted octanol–water partition coefficient (Wildman–Crippen LogP) is 3.28. The van der Waals surface area contributed by atoms with Crippen LogP contribution in [0.15, 0.2) is 24.3 Å². The van der Waals surface area contributed by atoms with Gasteiger partial charge in [0, 0.05) is 0 Å². The second kappa shape index (κ2) is 4.68. The van der Waals surface area contributed by atoms with E-state index in [4.69, 9.17) is 8.57 Å². The lowest BCUT2D eigenvalue weighted by Gasteiger charge is -2.26. The van der Waals surface area contributed by atoms with Crippen molar-refractivity contribution in [3.8, 4) is 0 Å². The molecule has 0 amide bonds. The predicted molar refractivity (Wildman–Crippen MR) is 57.3 cm³/mol. The van der Waals surface area contributed by atoms with E-state index in [1.54, 1.807) is 0 Å². The Balaban J connectivity index is 1.95. The van der Waals surface area contributed by atoms with E-state index >= 15 is 0 Å². The molecule has 1 aromatic carbocycles. The third-order valence-corrected chi connectivity index (χ3v) is 2.55. The van der Waals surface area contributed by atoms with Crippen LogP contribution in [0.25, 0.3) is 0 Å². The first-order valence-corrected chi connectivity index (χ1v) is 5.47. The van der Waals surface area contributed by atoms with Gasteiger partial charge in [-0.3, -0.25) is 0 Å². The second-order valence-corrected chi connectivity index (χ2v) is 3.68. The van der Waals surface area contributed by atoms with Crippen LogP contribution < -0.4 is 5.23 Å². The molecule has 1 fully saturated rings. The zero-order valence-corrected chi connectivity index (χ0v) is 8.92. The van der Waals surface area contributed by atoms with Gasteiger partial charge in [-0.15, -0.1) is 8.57 Å². The number of rotatable bonds is 4. The third kappa shape index (κ3) is 2.20. The van der Waals surface area contributed by atoms with Crippen LogP contribution in [0.4, 0.5) is 5.69 Å². The van der Waals surface area contributed by atoms with Gasteiger partial charge in [-0.2, -0.15) is 0 Å². The fraction of sp³-hybridized carbons (Fsp3) is 0.400. The lowest BCUT2D eigenvalue weighted by Crippen LogP contribution is -2.26. The van der Waals surface area contributed by atoms with E-state index in [9.17, 15) is 0 Å². The Morgan fingerprint density at radius 1 is 1.21 bits per heavy atom. The Morgan fingerprint density at radius 2 is 1.93 bits per heavy atom. The van der Waals surface area contributed by atoms with Crippen LogP contribution in [0.2, 0.25) is 0 Å². The lowest BCUT2D eigenvalue weighted by atomic mass is 10.1. The molecule has 1 heterocycles. The fourth-order valence-electron chi connectivity index (χ4n) is 1.31. The first-order valence-electron chi connectivity index (χ1n) is 4.80. The molecular formula is C10H13NO2S. The van der Waals surface area contributed by atoms with Crippen LogP contribution in [-0.2, 0) is 15.0 Å². The van der Waals surface area contributed by atoms with Crippen molar-refractivity contribution in [3.05, 3.63) is 29.8 Å². The molecule has 4 heteroatoms. The van der Waals surface area contributed by atoms with E-state index in [0.29, 0.717) is 0 Å². The van der Waals surface area contributed by atoms with Gasteiger partial charge in [0.2, 0.25) is 12.3 Å². The van der Waals surface area contributed by atoms with Gasteiger partial charge in [0.15, 0.2) is 0 Å². The van der Waals surface area contributed by atoms with Gasteiger partial charge < -0.3 is 0 Å². The molecule has 0 aliphatic carbocycles. The molecule has 0 spiro atoms. The fourth-order valence-corrected chi connectivity index (χ4v) is 1.61. The van der Waals surface area contributed by atoms with Crippen molar-refractivity contribution in [1.82, 2.24) is 0 Å². The van der Waals surface area contributed by atoms with Crippen molar-refractivity contribution < 1.29 is 8.57 Å². The molecule has 0 N–H and O–H groups in total. The molecule has 0 bridgehead atoms. The molecule has 0 radical (unpaired) electrons. The maximum absolute atomic E-state index is 4.97. The standard InChI is InChI=1S/C10H13NO2S/c1-2-3-4-9-5-7-10(8-6-9)11-12-14-13-11/h5-8H,2-4H2,1H3. The molecule has 1 saturated heterocycles. The van der Waals surface area contributed by atoms with Crippen molar-refractivity contribution in [2.45, 2.75) is 26.2 Å². The molecule has 1 aromatic rings. The summed E-state index contributed by atoms with van der Waals surface area (Å²) in [5.41, 5.74) is 2.30. The quantitative estimate of drug-likeness (QED) is 0.712. The topological polar surface area (TPSA) is 21.7 Å². The first-order chi connectivity index (χ1) is 6.90. The van der Waals surface area contributed by atoms with Crippen LogP contribution in [0, 0.1) is 0 Å². The number of anilines is 1. The van der Waals surface area contributed by atoms with Crippen LogP contribution in [0.5, 0.6) is 0 Å². The van der Waals surface area contributed by atoms with E-state index in [1.807, 2.05) is 12.1 Å². The minimum atomic E-state index is 0.934. The smallest absolute Gasteiger partial charge is 0.143 e. The molecule has 76 valence electrons. The van der Waals surface area contributed by atoms with Crippen molar-refractivity contribution in [3.63, 3.8) is 0 Å². The van der Waals surface area contributed by atoms with E-state index in [0.717, 1.165) is 24.4 Å². The van der Waals surface area contributed by atoms with Crippen molar-refractivity contribution in [1.29, 1.82) is 0 Å². The van der Waals surface area contributed by atoms with Gasteiger partial charge in [0.25, 0.3) is 0 Å². The van der Waals surface area contributed by atoms with E-state index in [2.05, 4.69) is 19.1 Å². The average molecular weight is 211 g/mol. The summed E-state index contributed by atoms with van der Waals surface area (Å²) in [4.78, 5) is 0. The number of hydrogen-bond donors (Lipinski definition) is 0. The van der Waals surface area contributed by atoms with Crippen molar-refractivity contribution in [2.24, 2.45) is 0 Å². The summed E-state index contributed by atoms with van der Waals surface area (Å²) in [5.74, 6) is 0. The third-order valence-electron chi connectivity index (χ3n) is 2.16. The van der Waals surface area contributed by atoms with Gasteiger partial charge in [-0.05, 0) is 30.5 Å². The molecule has 3 nitrogen and oxygen atoms in total. The van der Waals surface area contributed by atoms with Gasteiger partial charge in [-0.25, -0.2) is 0 Å². The van der Waals surface area contributed by atoms with Crippen LogP contribution in [-0.4, -0.2) is 0 Å². The zero-order chi connectivity index (χ0) is 9.80. The number of unbranched alkanes of at least 4 members (excludes halogenated alkanes) is 1. The normalized spacial score (nSPS) is 15.4. The highest BCUT2D eigenvalue weighted by atomic mass is 32.2. The highest BCUT2D eigenvalue weighted by molar-refractivity contribution is 7.90. The second-order valence-electron chi connectivity index (χ2n) is 3.24. The summed E-state index contributed by atoms with van der Waals surface area (Å²) in [5, 5.41) is 1.40. The van der Waals surface area contributed by atoms with Crippen LogP contribution in [0.3, 0.4) is 0 Å². The van der Waals surface area contributed by atoms with E-state index in [-0.39, 0.29) is 0 Å². The number of hydrogen-bond acceptors (Lipinski definition) is 4. The van der Waals surface area contributed by atoms with E-state index < -0.39 is 0 Å². The van der Waals surface area contributed by atoms with Gasteiger partial charge in [0.05, 0.1) is 5.69 Å². The molecular weight excluding hydrogens is 198 g/mol. The highest BCUT2D eigenvalue weighted by Gasteiger charge is 2.19. The van der Waals surface area contributed by atoms with Gasteiger partial charge >= 0.3 is 0 Å². The van der Waals surface area contributed by atoms with Crippen LogP contribution in [0.1, 0.15) is 25.3 Å². The summed E-state index contributed by atoms with van der Waals surface area (Å²) in [6.07, 6.45) is 3.62. The Hall–Kier alpha value is -0.710. The molecule has 14 heavy (non-hydrogen) atoms.